The molecular weight excluding hydrogens is 122 g/mol. The van der Waals surface area contributed by atoms with E-state index in [-0.39, 0.29) is 0 Å². The molecule has 0 amide bonds. The summed E-state index contributed by atoms with van der Waals surface area (Å²) in [6.07, 6.45) is 10.9. The Morgan fingerprint density at radius 1 is 1.40 bits per heavy atom. The minimum absolute atomic E-state index is 0.638. The van der Waals surface area contributed by atoms with Gasteiger partial charge in [-0.05, 0) is 5.57 Å². The highest BCUT2D eigenvalue weighted by Crippen LogP contribution is 2.19. The van der Waals surface area contributed by atoms with Crippen LogP contribution in [0.15, 0.2) is 36.0 Å². The Kier molecular flexibility index (Phi) is 1.44. The molecule has 0 aromatic rings. The van der Waals surface area contributed by atoms with Crippen molar-refractivity contribution in [3.05, 3.63) is 36.0 Å². The van der Waals surface area contributed by atoms with Crippen molar-refractivity contribution in [2.45, 2.75) is 0 Å². The normalized spacial score (nSPS) is 29.6. The second-order valence-corrected chi connectivity index (χ2v) is 2.71. The number of hydrogen-bond acceptors (Lipinski definition) is 1. The zero-order chi connectivity index (χ0) is 6.81. The lowest BCUT2D eigenvalue weighted by atomic mass is 9.92. The molecule has 0 bridgehead atoms. The molecule has 0 aromatic heterocycles. The first-order chi connectivity index (χ1) is 4.97. The third-order valence-corrected chi connectivity index (χ3v) is 2.02. The van der Waals surface area contributed by atoms with Crippen LogP contribution in [-0.4, -0.2) is 13.1 Å². The highest BCUT2D eigenvalue weighted by Gasteiger charge is 2.12. The molecule has 0 aromatic carbocycles. The van der Waals surface area contributed by atoms with Crippen LogP contribution < -0.4 is 5.32 Å². The fourth-order valence-electron chi connectivity index (χ4n) is 1.43. The average Bonchev–Trinajstić information content (AvgIpc) is 2.05. The maximum absolute atomic E-state index is 3.32. The van der Waals surface area contributed by atoms with E-state index >= 15 is 0 Å². The quantitative estimate of drug-likeness (QED) is 0.524. The molecule has 1 aliphatic heterocycles. The van der Waals surface area contributed by atoms with Gasteiger partial charge in [0, 0.05) is 19.0 Å². The van der Waals surface area contributed by atoms with Crippen LogP contribution >= 0.6 is 0 Å². The van der Waals surface area contributed by atoms with Crippen molar-refractivity contribution < 1.29 is 0 Å². The number of allylic oxidation sites excluding steroid dienone is 3. The van der Waals surface area contributed by atoms with E-state index < -0.39 is 0 Å². The summed E-state index contributed by atoms with van der Waals surface area (Å²) < 4.78 is 0. The van der Waals surface area contributed by atoms with Crippen molar-refractivity contribution in [2.75, 3.05) is 13.1 Å². The molecule has 1 unspecified atom stereocenters. The van der Waals surface area contributed by atoms with Gasteiger partial charge in [-0.2, -0.15) is 0 Å². The lowest BCUT2D eigenvalue weighted by Crippen LogP contribution is -2.28. The van der Waals surface area contributed by atoms with Gasteiger partial charge < -0.3 is 5.32 Å². The minimum Gasteiger partial charge on any atom is -0.312 e. The fourth-order valence-corrected chi connectivity index (χ4v) is 1.43. The molecule has 0 radical (unpaired) electrons. The van der Waals surface area contributed by atoms with Crippen LogP contribution in [-0.2, 0) is 0 Å². The van der Waals surface area contributed by atoms with Crippen LogP contribution in [0.4, 0.5) is 0 Å². The van der Waals surface area contributed by atoms with Gasteiger partial charge in [-0.1, -0.05) is 30.4 Å². The largest absolute Gasteiger partial charge is 0.312 e. The molecule has 1 heteroatoms. The Hall–Kier alpha value is -0.820. The van der Waals surface area contributed by atoms with Gasteiger partial charge in [0.2, 0.25) is 0 Å². The van der Waals surface area contributed by atoms with Gasteiger partial charge in [0.15, 0.2) is 0 Å². The van der Waals surface area contributed by atoms with E-state index in [1.807, 2.05) is 0 Å². The molecular formula is C9H11N. The molecule has 1 aliphatic carbocycles. The van der Waals surface area contributed by atoms with Gasteiger partial charge >= 0.3 is 0 Å². The topological polar surface area (TPSA) is 12.0 Å². The van der Waals surface area contributed by atoms with Crippen molar-refractivity contribution >= 4 is 0 Å². The van der Waals surface area contributed by atoms with Crippen LogP contribution in [0, 0.1) is 5.92 Å². The van der Waals surface area contributed by atoms with Gasteiger partial charge in [-0.25, -0.2) is 0 Å². The lowest BCUT2D eigenvalue weighted by molar-refractivity contribution is 0.619. The van der Waals surface area contributed by atoms with Crippen molar-refractivity contribution in [3.8, 4) is 0 Å². The Morgan fingerprint density at radius 2 is 2.40 bits per heavy atom. The van der Waals surface area contributed by atoms with Crippen molar-refractivity contribution in [1.82, 2.24) is 5.32 Å². The third kappa shape index (κ3) is 0.929. The van der Waals surface area contributed by atoms with Crippen molar-refractivity contribution in [3.63, 3.8) is 0 Å². The smallest absolute Gasteiger partial charge is 0.0144 e. The highest BCUT2D eigenvalue weighted by molar-refractivity contribution is 5.34. The van der Waals surface area contributed by atoms with E-state index in [9.17, 15) is 0 Å². The lowest BCUT2D eigenvalue weighted by Gasteiger charge is -2.21. The van der Waals surface area contributed by atoms with Crippen LogP contribution in [0.5, 0.6) is 0 Å². The van der Waals surface area contributed by atoms with Crippen molar-refractivity contribution in [1.29, 1.82) is 0 Å². The van der Waals surface area contributed by atoms with Gasteiger partial charge in [-0.15, -0.1) is 0 Å². The number of nitrogens with one attached hydrogen (secondary N) is 1. The predicted molar refractivity (Wildman–Crippen MR) is 42.7 cm³/mol. The highest BCUT2D eigenvalue weighted by atomic mass is 14.9. The van der Waals surface area contributed by atoms with Crippen LogP contribution in [0.25, 0.3) is 0 Å². The second kappa shape index (κ2) is 2.43. The fraction of sp³-hybridized carbons (Fsp3) is 0.333. The third-order valence-electron chi connectivity index (χ3n) is 2.02. The number of fused-ring (bicyclic) bond motifs is 1. The molecule has 2 aliphatic rings. The predicted octanol–water partition coefficient (Wildman–Crippen LogP) is 1.26. The molecule has 1 N–H and O–H groups in total. The number of rotatable bonds is 0. The van der Waals surface area contributed by atoms with E-state index in [1.54, 1.807) is 0 Å². The van der Waals surface area contributed by atoms with E-state index in [0.717, 1.165) is 13.1 Å². The standard InChI is InChI=1S/C9H11N/c1-2-4-9-7-10-6-5-8(9)3-1/h1-5,9-10H,6-7H2. The van der Waals surface area contributed by atoms with E-state index in [0.29, 0.717) is 5.92 Å². The van der Waals surface area contributed by atoms with E-state index in [1.165, 1.54) is 5.57 Å². The maximum Gasteiger partial charge on any atom is 0.0144 e. The monoisotopic (exact) mass is 133 g/mol. The molecule has 10 heavy (non-hydrogen) atoms. The SMILES string of the molecule is C1=CC2=CCNCC2C=C1. The summed E-state index contributed by atoms with van der Waals surface area (Å²) in [5.41, 5.74) is 1.47. The summed E-state index contributed by atoms with van der Waals surface area (Å²) in [6, 6.07) is 0. The molecule has 52 valence electrons. The average molecular weight is 133 g/mol. The summed E-state index contributed by atoms with van der Waals surface area (Å²) in [7, 11) is 0. The molecule has 1 atom stereocenters. The van der Waals surface area contributed by atoms with Gasteiger partial charge in [0.1, 0.15) is 0 Å². The Bertz CT molecular complexity index is 211. The van der Waals surface area contributed by atoms with Gasteiger partial charge in [0.05, 0.1) is 0 Å². The summed E-state index contributed by atoms with van der Waals surface area (Å²) in [5, 5.41) is 3.32. The summed E-state index contributed by atoms with van der Waals surface area (Å²) >= 11 is 0. The molecule has 0 saturated carbocycles. The van der Waals surface area contributed by atoms with Crippen LogP contribution in [0.1, 0.15) is 0 Å². The summed E-state index contributed by atoms with van der Waals surface area (Å²) in [4.78, 5) is 0. The molecule has 2 rings (SSSR count). The molecule has 0 fully saturated rings. The Labute approximate surface area is 61.1 Å². The van der Waals surface area contributed by atoms with E-state index in [4.69, 9.17) is 0 Å². The minimum atomic E-state index is 0.638. The first-order valence-electron chi connectivity index (χ1n) is 3.72. The molecule has 1 heterocycles. The van der Waals surface area contributed by atoms with Crippen molar-refractivity contribution in [2.24, 2.45) is 5.92 Å². The molecule has 0 saturated heterocycles. The van der Waals surface area contributed by atoms with Gasteiger partial charge in [0.25, 0.3) is 0 Å². The Balaban J connectivity index is 2.27. The maximum atomic E-state index is 3.32. The van der Waals surface area contributed by atoms with Crippen LogP contribution in [0.3, 0.4) is 0 Å². The Morgan fingerprint density at radius 3 is 3.30 bits per heavy atom. The van der Waals surface area contributed by atoms with Gasteiger partial charge in [-0.3, -0.25) is 0 Å². The summed E-state index contributed by atoms with van der Waals surface area (Å²) in [5.74, 6) is 0.638. The first kappa shape index (κ1) is 5.93. The van der Waals surface area contributed by atoms with E-state index in [2.05, 4.69) is 35.7 Å². The molecule has 0 spiro atoms. The van der Waals surface area contributed by atoms with Crippen LogP contribution in [0.2, 0.25) is 0 Å². The number of hydrogen-bond donors (Lipinski definition) is 1. The zero-order valence-corrected chi connectivity index (χ0v) is 5.88. The zero-order valence-electron chi connectivity index (χ0n) is 5.88. The summed E-state index contributed by atoms with van der Waals surface area (Å²) in [6.45, 7) is 2.14. The second-order valence-electron chi connectivity index (χ2n) is 2.71. The first-order valence-corrected chi connectivity index (χ1v) is 3.72. The molecule has 1 nitrogen and oxygen atoms in total.